The first kappa shape index (κ1) is 16.3. The average Bonchev–Trinajstić information content (AvgIpc) is 2.53. The highest BCUT2D eigenvalue weighted by Gasteiger charge is 2.34. The van der Waals surface area contributed by atoms with E-state index in [1.807, 2.05) is 38.1 Å². The van der Waals surface area contributed by atoms with E-state index in [-0.39, 0.29) is 23.3 Å². The zero-order valence-electron chi connectivity index (χ0n) is 13.9. The fourth-order valence-corrected chi connectivity index (χ4v) is 2.98. The number of amides is 1. The molecule has 0 radical (unpaired) electrons. The van der Waals surface area contributed by atoms with E-state index in [1.165, 1.54) is 19.2 Å². The number of benzene rings is 2. The second-order valence-corrected chi connectivity index (χ2v) is 6.48. The van der Waals surface area contributed by atoms with Crippen molar-refractivity contribution in [2.24, 2.45) is 0 Å². The van der Waals surface area contributed by atoms with E-state index in [4.69, 9.17) is 9.47 Å². The number of para-hydroxylation sites is 1. The lowest BCUT2D eigenvalue weighted by atomic mass is 9.89. The fourth-order valence-electron chi connectivity index (χ4n) is 2.98. The summed E-state index contributed by atoms with van der Waals surface area (Å²) >= 11 is 0. The molecule has 2 aromatic rings. The third-order valence-corrected chi connectivity index (χ3v) is 4.10. The highest BCUT2D eigenvalue weighted by molar-refractivity contribution is 5.94. The molecule has 1 atom stereocenters. The molecule has 1 N–H and O–H groups in total. The smallest absolute Gasteiger partial charge is 0.251 e. The van der Waals surface area contributed by atoms with Gasteiger partial charge in [0, 0.05) is 17.5 Å². The van der Waals surface area contributed by atoms with Crippen LogP contribution in [-0.4, -0.2) is 18.6 Å². The van der Waals surface area contributed by atoms with Crippen molar-refractivity contribution in [2.75, 3.05) is 7.11 Å². The van der Waals surface area contributed by atoms with Crippen molar-refractivity contribution >= 4 is 5.91 Å². The molecule has 0 saturated carbocycles. The van der Waals surface area contributed by atoms with Crippen LogP contribution in [0.25, 0.3) is 0 Å². The lowest BCUT2D eigenvalue weighted by Gasteiger charge is -2.37. The Morgan fingerprint density at radius 2 is 2.04 bits per heavy atom. The van der Waals surface area contributed by atoms with Gasteiger partial charge >= 0.3 is 0 Å². The summed E-state index contributed by atoms with van der Waals surface area (Å²) in [5, 5.41) is 2.99. The summed E-state index contributed by atoms with van der Waals surface area (Å²) in [5.41, 5.74) is 0.798. The van der Waals surface area contributed by atoms with Gasteiger partial charge in [0.05, 0.1) is 13.2 Å². The lowest BCUT2D eigenvalue weighted by molar-refractivity contribution is 0.0619. The molecule has 0 aliphatic carbocycles. The van der Waals surface area contributed by atoms with E-state index >= 15 is 0 Å². The second kappa shape index (κ2) is 6.15. The van der Waals surface area contributed by atoms with Crippen molar-refractivity contribution in [3.63, 3.8) is 0 Å². The van der Waals surface area contributed by atoms with Gasteiger partial charge < -0.3 is 14.8 Å². The number of halogens is 1. The second-order valence-electron chi connectivity index (χ2n) is 6.48. The van der Waals surface area contributed by atoms with Gasteiger partial charge in [0.1, 0.15) is 11.4 Å². The van der Waals surface area contributed by atoms with Gasteiger partial charge in [-0.25, -0.2) is 4.39 Å². The van der Waals surface area contributed by atoms with Crippen LogP contribution in [0.1, 0.15) is 42.2 Å². The molecule has 1 heterocycles. The molecule has 0 fully saturated rings. The van der Waals surface area contributed by atoms with Crippen LogP contribution in [-0.2, 0) is 0 Å². The summed E-state index contributed by atoms with van der Waals surface area (Å²) in [5.74, 6) is -0.00373. The maximum atomic E-state index is 13.8. The topological polar surface area (TPSA) is 47.6 Å². The summed E-state index contributed by atoms with van der Waals surface area (Å²) in [6.07, 6.45) is 0.633. The van der Waals surface area contributed by atoms with Gasteiger partial charge in [-0.15, -0.1) is 0 Å². The van der Waals surface area contributed by atoms with Gasteiger partial charge in [0.15, 0.2) is 11.6 Å². The number of rotatable bonds is 3. The van der Waals surface area contributed by atoms with Crippen LogP contribution in [0.3, 0.4) is 0 Å². The first-order chi connectivity index (χ1) is 11.4. The molecule has 2 aromatic carbocycles. The summed E-state index contributed by atoms with van der Waals surface area (Å²) < 4.78 is 24.7. The number of ether oxygens (including phenoxy) is 2. The molecule has 0 spiro atoms. The third kappa shape index (κ3) is 3.20. The van der Waals surface area contributed by atoms with Crippen molar-refractivity contribution in [1.82, 2.24) is 5.32 Å². The first-order valence-electron chi connectivity index (χ1n) is 7.82. The molecule has 1 aliphatic heterocycles. The van der Waals surface area contributed by atoms with Gasteiger partial charge in [-0.3, -0.25) is 4.79 Å². The van der Waals surface area contributed by atoms with Crippen molar-refractivity contribution in [3.05, 3.63) is 59.4 Å². The maximum Gasteiger partial charge on any atom is 0.251 e. The van der Waals surface area contributed by atoms with Crippen molar-refractivity contribution in [2.45, 2.75) is 31.9 Å². The monoisotopic (exact) mass is 329 g/mol. The summed E-state index contributed by atoms with van der Waals surface area (Å²) in [7, 11) is 1.39. The molecule has 0 bridgehead atoms. The molecule has 1 aliphatic rings. The Balaban J connectivity index is 1.85. The standard InChI is InChI=1S/C19H20FNO3/c1-19(2)11-15(13-6-4-5-7-16(13)24-19)21-18(22)12-8-9-17(23-3)14(20)10-12/h4-10,15H,11H2,1-3H3,(H,21,22). The molecule has 24 heavy (non-hydrogen) atoms. The third-order valence-electron chi connectivity index (χ3n) is 4.10. The molecule has 0 saturated heterocycles. The van der Waals surface area contributed by atoms with E-state index in [2.05, 4.69) is 5.32 Å². The molecular formula is C19H20FNO3. The van der Waals surface area contributed by atoms with Gasteiger partial charge in [0.2, 0.25) is 0 Å². The highest BCUT2D eigenvalue weighted by atomic mass is 19.1. The van der Waals surface area contributed by atoms with Gasteiger partial charge in [0.25, 0.3) is 5.91 Å². The number of fused-ring (bicyclic) bond motifs is 1. The minimum atomic E-state index is -0.558. The van der Waals surface area contributed by atoms with E-state index < -0.39 is 11.4 Å². The molecule has 0 aromatic heterocycles. The minimum absolute atomic E-state index is 0.115. The zero-order chi connectivity index (χ0) is 17.3. The van der Waals surface area contributed by atoms with Crippen molar-refractivity contribution in [1.29, 1.82) is 0 Å². The largest absolute Gasteiger partial charge is 0.494 e. The summed E-state index contributed by atoms with van der Waals surface area (Å²) in [6, 6.07) is 11.6. The van der Waals surface area contributed by atoms with Crippen LogP contribution in [0.2, 0.25) is 0 Å². The number of nitrogens with one attached hydrogen (secondary N) is 1. The average molecular weight is 329 g/mol. The maximum absolute atomic E-state index is 13.8. The van der Waals surface area contributed by atoms with E-state index in [0.717, 1.165) is 11.3 Å². The Hall–Kier alpha value is -2.56. The number of hydrogen-bond donors (Lipinski definition) is 1. The number of hydrogen-bond acceptors (Lipinski definition) is 3. The Labute approximate surface area is 140 Å². The summed E-state index contributed by atoms with van der Waals surface area (Å²) in [4.78, 5) is 12.5. The van der Waals surface area contributed by atoms with E-state index in [9.17, 15) is 9.18 Å². The molecule has 1 amide bonds. The number of carbonyl (C=O) groups excluding carboxylic acids is 1. The van der Waals surface area contributed by atoms with Crippen LogP contribution in [0, 0.1) is 5.82 Å². The van der Waals surface area contributed by atoms with Crippen LogP contribution in [0.5, 0.6) is 11.5 Å². The number of methoxy groups -OCH3 is 1. The Morgan fingerprint density at radius 3 is 2.75 bits per heavy atom. The van der Waals surface area contributed by atoms with Crippen molar-refractivity contribution in [3.8, 4) is 11.5 Å². The van der Waals surface area contributed by atoms with E-state index in [0.29, 0.717) is 6.42 Å². The van der Waals surface area contributed by atoms with Crippen molar-refractivity contribution < 1.29 is 18.7 Å². The SMILES string of the molecule is COc1ccc(C(=O)NC2CC(C)(C)Oc3ccccc32)cc1F. The van der Waals surface area contributed by atoms with Crippen LogP contribution in [0.4, 0.5) is 4.39 Å². The zero-order valence-corrected chi connectivity index (χ0v) is 13.9. The Morgan fingerprint density at radius 1 is 1.29 bits per heavy atom. The minimum Gasteiger partial charge on any atom is -0.494 e. The van der Waals surface area contributed by atoms with Crippen LogP contribution >= 0.6 is 0 Å². The lowest BCUT2D eigenvalue weighted by Crippen LogP contribution is -2.41. The van der Waals surface area contributed by atoms with Gasteiger partial charge in [-0.05, 0) is 38.1 Å². The molecule has 3 rings (SSSR count). The first-order valence-corrected chi connectivity index (χ1v) is 7.82. The number of carbonyl (C=O) groups is 1. The van der Waals surface area contributed by atoms with Gasteiger partial charge in [-0.1, -0.05) is 18.2 Å². The Bertz CT molecular complexity index is 773. The fraction of sp³-hybridized carbons (Fsp3) is 0.316. The van der Waals surface area contributed by atoms with E-state index in [1.54, 1.807) is 6.07 Å². The quantitative estimate of drug-likeness (QED) is 0.930. The molecule has 4 nitrogen and oxygen atoms in total. The predicted octanol–water partition coefficient (Wildman–Crippen LogP) is 3.87. The highest BCUT2D eigenvalue weighted by Crippen LogP contribution is 2.39. The molecule has 1 unspecified atom stereocenters. The normalized spacial score (nSPS) is 18.2. The van der Waals surface area contributed by atoms with Gasteiger partial charge in [-0.2, -0.15) is 0 Å². The predicted molar refractivity (Wildman–Crippen MR) is 88.9 cm³/mol. The summed E-state index contributed by atoms with van der Waals surface area (Å²) in [6.45, 7) is 3.96. The molecule has 126 valence electrons. The van der Waals surface area contributed by atoms with Crippen LogP contribution < -0.4 is 14.8 Å². The van der Waals surface area contributed by atoms with Crippen LogP contribution in [0.15, 0.2) is 42.5 Å². The molecular weight excluding hydrogens is 309 g/mol. The Kier molecular flexibility index (Phi) is 4.18. The molecule has 5 heteroatoms.